The van der Waals surface area contributed by atoms with Gasteiger partial charge < -0.3 is 10.4 Å². The second-order valence-corrected chi connectivity index (χ2v) is 6.36. The highest BCUT2D eigenvalue weighted by atomic mass is 127. The first-order chi connectivity index (χ1) is 10.0. The minimum atomic E-state index is -0.760. The number of rotatable bonds is 5. The van der Waals surface area contributed by atoms with Crippen molar-refractivity contribution in [3.63, 3.8) is 0 Å². The van der Waals surface area contributed by atoms with Crippen molar-refractivity contribution in [2.45, 2.75) is 12.5 Å². The van der Waals surface area contributed by atoms with Crippen LogP contribution in [-0.2, 0) is 11.2 Å². The lowest BCUT2D eigenvalue weighted by Gasteiger charge is -2.12. The number of nitrogens with one attached hydrogen (secondary N) is 1. The summed E-state index contributed by atoms with van der Waals surface area (Å²) in [4.78, 5) is 11.8. The highest BCUT2D eigenvalue weighted by Gasteiger charge is 2.10. The Morgan fingerprint density at radius 3 is 2.62 bits per heavy atom. The van der Waals surface area contributed by atoms with Gasteiger partial charge in [-0.15, -0.1) is 0 Å². The zero-order valence-electron chi connectivity index (χ0n) is 11.2. The van der Waals surface area contributed by atoms with Gasteiger partial charge in [0.25, 0.3) is 0 Å². The van der Waals surface area contributed by atoms with E-state index >= 15 is 0 Å². The van der Waals surface area contributed by atoms with E-state index in [1.54, 1.807) is 24.3 Å². The van der Waals surface area contributed by atoms with Gasteiger partial charge in [0.05, 0.1) is 12.5 Å². The van der Waals surface area contributed by atoms with Crippen LogP contribution >= 0.6 is 34.2 Å². The van der Waals surface area contributed by atoms with Crippen molar-refractivity contribution < 1.29 is 9.90 Å². The molecule has 1 atom stereocenters. The van der Waals surface area contributed by atoms with Crippen molar-refractivity contribution >= 4 is 40.1 Å². The molecule has 0 radical (unpaired) electrons. The summed E-state index contributed by atoms with van der Waals surface area (Å²) < 4.78 is 1.13. The lowest BCUT2D eigenvalue weighted by atomic mass is 10.1. The summed E-state index contributed by atoms with van der Waals surface area (Å²) in [6.45, 7) is 0.170. The molecule has 0 unspecified atom stereocenters. The Labute approximate surface area is 142 Å². The van der Waals surface area contributed by atoms with Crippen LogP contribution in [0.25, 0.3) is 0 Å². The summed E-state index contributed by atoms with van der Waals surface area (Å²) in [5, 5.41) is 13.3. The Kier molecular flexibility index (Phi) is 6.02. The smallest absolute Gasteiger partial charge is 0.224 e. The maximum Gasteiger partial charge on any atom is 0.224 e. The monoisotopic (exact) mass is 415 g/mol. The third-order valence-electron chi connectivity index (χ3n) is 3.00. The van der Waals surface area contributed by atoms with Crippen LogP contribution in [0.2, 0.25) is 5.02 Å². The van der Waals surface area contributed by atoms with Gasteiger partial charge in [0, 0.05) is 15.1 Å². The first-order valence-electron chi connectivity index (χ1n) is 6.49. The summed E-state index contributed by atoms with van der Waals surface area (Å²) in [6, 6.07) is 14.8. The van der Waals surface area contributed by atoms with Gasteiger partial charge in [-0.2, -0.15) is 0 Å². The lowest BCUT2D eigenvalue weighted by Crippen LogP contribution is -2.29. The lowest BCUT2D eigenvalue weighted by molar-refractivity contribution is -0.120. The predicted molar refractivity (Wildman–Crippen MR) is 92.3 cm³/mol. The number of aliphatic hydroxyl groups excluding tert-OH is 1. The molecule has 0 fully saturated rings. The number of benzene rings is 2. The summed E-state index contributed by atoms with van der Waals surface area (Å²) >= 11 is 8.09. The second kappa shape index (κ2) is 7.77. The number of hydrogen-bond acceptors (Lipinski definition) is 2. The Morgan fingerprint density at radius 1 is 1.24 bits per heavy atom. The molecule has 0 aliphatic rings. The Hall–Kier alpha value is -1.11. The van der Waals surface area contributed by atoms with Gasteiger partial charge in [0.2, 0.25) is 5.91 Å². The first-order valence-corrected chi connectivity index (χ1v) is 7.95. The minimum Gasteiger partial charge on any atom is -0.387 e. The van der Waals surface area contributed by atoms with Crippen LogP contribution < -0.4 is 5.32 Å². The highest BCUT2D eigenvalue weighted by Crippen LogP contribution is 2.17. The molecule has 0 aromatic heterocycles. The number of carbonyl (C=O) groups excluding carboxylic acids is 1. The van der Waals surface area contributed by atoms with Gasteiger partial charge in [-0.05, 0) is 58.0 Å². The Balaban J connectivity index is 1.84. The third kappa shape index (κ3) is 5.30. The quantitative estimate of drug-likeness (QED) is 0.736. The standard InChI is InChI=1S/C16H15ClINO2/c17-13-3-1-2-12(9-13)15(20)10-19-16(21)8-11-4-6-14(18)7-5-11/h1-7,9,15,20H,8,10H2,(H,19,21)/t15-/m1/s1. The van der Waals surface area contributed by atoms with Crippen LogP contribution in [0.5, 0.6) is 0 Å². The number of carbonyl (C=O) groups is 1. The summed E-state index contributed by atoms with van der Waals surface area (Å²) in [6.07, 6.45) is -0.455. The minimum absolute atomic E-state index is 0.114. The van der Waals surface area contributed by atoms with Gasteiger partial charge in [0.1, 0.15) is 0 Å². The van der Waals surface area contributed by atoms with Crippen molar-refractivity contribution in [3.8, 4) is 0 Å². The molecule has 2 rings (SSSR count). The maximum atomic E-state index is 11.8. The van der Waals surface area contributed by atoms with Crippen molar-refractivity contribution in [2.24, 2.45) is 0 Å². The van der Waals surface area contributed by atoms with Gasteiger partial charge in [-0.3, -0.25) is 4.79 Å². The summed E-state index contributed by atoms with van der Waals surface area (Å²) in [5.41, 5.74) is 1.64. The molecule has 110 valence electrons. The van der Waals surface area contributed by atoms with E-state index in [4.69, 9.17) is 11.6 Å². The van der Waals surface area contributed by atoms with Crippen molar-refractivity contribution in [1.82, 2.24) is 5.32 Å². The Bertz CT molecular complexity index is 616. The molecule has 0 bridgehead atoms. The van der Waals surface area contributed by atoms with E-state index < -0.39 is 6.10 Å². The average molecular weight is 416 g/mol. The fourth-order valence-corrected chi connectivity index (χ4v) is 2.45. The van der Waals surface area contributed by atoms with E-state index in [0.717, 1.165) is 9.13 Å². The van der Waals surface area contributed by atoms with Gasteiger partial charge in [-0.25, -0.2) is 0 Å². The fourth-order valence-electron chi connectivity index (χ4n) is 1.89. The van der Waals surface area contributed by atoms with E-state index in [1.165, 1.54) is 0 Å². The number of halogens is 2. The van der Waals surface area contributed by atoms with Crippen LogP contribution in [0.1, 0.15) is 17.2 Å². The second-order valence-electron chi connectivity index (χ2n) is 4.68. The summed E-state index contributed by atoms with van der Waals surface area (Å²) in [5.74, 6) is -0.114. The average Bonchev–Trinajstić information content (AvgIpc) is 2.47. The molecule has 3 nitrogen and oxygen atoms in total. The molecular formula is C16H15ClINO2. The predicted octanol–water partition coefficient (Wildman–Crippen LogP) is 3.34. The van der Waals surface area contributed by atoms with Crippen molar-refractivity contribution in [1.29, 1.82) is 0 Å². The molecular weight excluding hydrogens is 401 g/mol. The van der Waals surface area contributed by atoms with E-state index in [0.29, 0.717) is 17.0 Å². The van der Waals surface area contributed by atoms with Crippen LogP contribution in [0.15, 0.2) is 48.5 Å². The maximum absolute atomic E-state index is 11.8. The molecule has 2 aromatic rings. The molecule has 0 spiro atoms. The molecule has 1 amide bonds. The topological polar surface area (TPSA) is 49.3 Å². The fraction of sp³-hybridized carbons (Fsp3) is 0.188. The van der Waals surface area contributed by atoms with E-state index in [2.05, 4.69) is 27.9 Å². The normalized spacial score (nSPS) is 12.0. The van der Waals surface area contributed by atoms with Crippen LogP contribution in [0.4, 0.5) is 0 Å². The molecule has 21 heavy (non-hydrogen) atoms. The van der Waals surface area contributed by atoms with E-state index in [-0.39, 0.29) is 12.5 Å². The number of aliphatic hydroxyl groups is 1. The molecule has 0 saturated carbocycles. The molecule has 0 aliphatic heterocycles. The van der Waals surface area contributed by atoms with Crippen molar-refractivity contribution in [2.75, 3.05) is 6.54 Å². The summed E-state index contributed by atoms with van der Waals surface area (Å²) in [7, 11) is 0. The Morgan fingerprint density at radius 2 is 1.95 bits per heavy atom. The molecule has 0 aliphatic carbocycles. The molecule has 0 saturated heterocycles. The van der Waals surface area contributed by atoms with E-state index in [1.807, 2.05) is 24.3 Å². The van der Waals surface area contributed by atoms with Crippen molar-refractivity contribution in [3.05, 3.63) is 68.3 Å². The molecule has 2 aromatic carbocycles. The van der Waals surface area contributed by atoms with Crippen LogP contribution in [-0.4, -0.2) is 17.6 Å². The van der Waals surface area contributed by atoms with Crippen LogP contribution in [0.3, 0.4) is 0 Å². The largest absolute Gasteiger partial charge is 0.387 e. The van der Waals surface area contributed by atoms with E-state index in [9.17, 15) is 9.90 Å². The first kappa shape index (κ1) is 16.3. The third-order valence-corrected chi connectivity index (χ3v) is 3.96. The molecule has 2 N–H and O–H groups in total. The zero-order valence-corrected chi connectivity index (χ0v) is 14.1. The van der Waals surface area contributed by atoms with Crippen LogP contribution in [0, 0.1) is 3.57 Å². The van der Waals surface area contributed by atoms with Gasteiger partial charge in [-0.1, -0.05) is 35.9 Å². The molecule has 5 heteroatoms. The van der Waals surface area contributed by atoms with Gasteiger partial charge >= 0.3 is 0 Å². The zero-order chi connectivity index (χ0) is 15.2. The number of hydrogen-bond donors (Lipinski definition) is 2. The molecule has 0 heterocycles. The SMILES string of the molecule is O=C(Cc1ccc(I)cc1)NC[C@@H](O)c1cccc(Cl)c1. The number of amides is 1. The highest BCUT2D eigenvalue weighted by molar-refractivity contribution is 14.1. The van der Waals surface area contributed by atoms with Gasteiger partial charge in [0.15, 0.2) is 0 Å².